The second-order valence-electron chi connectivity index (χ2n) is 6.33. The zero-order valence-corrected chi connectivity index (χ0v) is 15.8. The molecule has 1 saturated heterocycles. The molecule has 0 bridgehead atoms. The number of aromatic amines is 1. The van der Waals surface area contributed by atoms with Crippen LogP contribution in [0.15, 0.2) is 48.8 Å². The van der Waals surface area contributed by atoms with Gasteiger partial charge < -0.3 is 10.2 Å². The van der Waals surface area contributed by atoms with Crippen LogP contribution < -0.4 is 10.2 Å². The minimum Gasteiger partial charge on any atom is -0.368 e. The van der Waals surface area contributed by atoms with E-state index < -0.39 is 6.04 Å². The molecule has 0 aliphatic carbocycles. The minimum atomic E-state index is -0.645. The summed E-state index contributed by atoms with van der Waals surface area (Å²) in [5.41, 5.74) is 1.94. The van der Waals surface area contributed by atoms with Crippen molar-refractivity contribution in [1.29, 1.82) is 0 Å². The number of nitrogens with zero attached hydrogens (tertiary/aromatic N) is 4. The fourth-order valence-corrected chi connectivity index (χ4v) is 4.05. The second kappa shape index (κ2) is 8.39. The van der Waals surface area contributed by atoms with Crippen molar-refractivity contribution in [3.05, 3.63) is 71.6 Å². The number of halogens is 1. The Hall–Kier alpha value is -2.94. The Morgan fingerprint density at radius 1 is 1.25 bits per heavy atom. The number of carbonyl (C=O) groups excluding carboxylic acids is 1. The van der Waals surface area contributed by atoms with Crippen LogP contribution in [0, 0.1) is 5.82 Å². The van der Waals surface area contributed by atoms with Gasteiger partial charge in [0.25, 0.3) is 5.91 Å². The first-order valence-electron chi connectivity index (χ1n) is 8.92. The summed E-state index contributed by atoms with van der Waals surface area (Å²) in [4.78, 5) is 18.7. The number of pyridine rings is 1. The fraction of sp³-hybridized carbons (Fsp3) is 0.263. The Kier molecular flexibility index (Phi) is 5.52. The molecule has 144 valence electrons. The van der Waals surface area contributed by atoms with Crippen molar-refractivity contribution >= 4 is 23.4 Å². The van der Waals surface area contributed by atoms with E-state index in [0.717, 1.165) is 24.6 Å². The van der Waals surface area contributed by atoms with Gasteiger partial charge in [0.2, 0.25) is 0 Å². The second-order valence-corrected chi connectivity index (χ2v) is 7.55. The van der Waals surface area contributed by atoms with E-state index in [1.54, 1.807) is 30.5 Å². The average Bonchev–Trinajstić information content (AvgIpc) is 3.27. The highest BCUT2D eigenvalue weighted by Crippen LogP contribution is 2.28. The number of anilines is 1. The van der Waals surface area contributed by atoms with Crippen LogP contribution >= 0.6 is 11.8 Å². The van der Waals surface area contributed by atoms with E-state index >= 15 is 0 Å². The van der Waals surface area contributed by atoms with E-state index in [0.29, 0.717) is 16.9 Å². The Bertz CT molecular complexity index is 931. The maximum absolute atomic E-state index is 14.9. The Labute approximate surface area is 165 Å². The standard InChI is InChI=1S/C19H19FN6OS/c20-14-11-13(4-5-17(14)26-7-9-28-10-8-26)18(16-12-22-25-24-16)23-19(27)15-3-1-2-6-21-15/h1-6,11-12,18H,7-10H2,(H,23,27)(H,22,24,25). The molecule has 2 N–H and O–H groups in total. The molecule has 9 heteroatoms. The normalized spacial score (nSPS) is 15.2. The number of aromatic nitrogens is 4. The van der Waals surface area contributed by atoms with Crippen molar-refractivity contribution in [2.45, 2.75) is 6.04 Å². The van der Waals surface area contributed by atoms with Crippen LogP contribution in [0.5, 0.6) is 0 Å². The van der Waals surface area contributed by atoms with Gasteiger partial charge in [-0.05, 0) is 29.8 Å². The lowest BCUT2D eigenvalue weighted by Gasteiger charge is -2.29. The van der Waals surface area contributed by atoms with Gasteiger partial charge in [-0.2, -0.15) is 27.2 Å². The third-order valence-electron chi connectivity index (χ3n) is 4.56. The average molecular weight is 398 g/mol. The van der Waals surface area contributed by atoms with Crippen LogP contribution in [0.1, 0.15) is 27.8 Å². The van der Waals surface area contributed by atoms with Crippen molar-refractivity contribution in [3.63, 3.8) is 0 Å². The number of thioether (sulfide) groups is 1. The molecular weight excluding hydrogens is 379 g/mol. The molecule has 0 saturated carbocycles. The molecule has 0 radical (unpaired) electrons. The summed E-state index contributed by atoms with van der Waals surface area (Å²) in [6.07, 6.45) is 3.06. The van der Waals surface area contributed by atoms with Crippen molar-refractivity contribution < 1.29 is 9.18 Å². The summed E-state index contributed by atoms with van der Waals surface area (Å²) < 4.78 is 14.9. The Morgan fingerprint density at radius 3 is 2.79 bits per heavy atom. The first kappa shape index (κ1) is 18.4. The molecule has 1 atom stereocenters. The number of hydrogen-bond acceptors (Lipinski definition) is 6. The largest absolute Gasteiger partial charge is 0.368 e. The topological polar surface area (TPSA) is 86.8 Å². The van der Waals surface area contributed by atoms with E-state index in [-0.39, 0.29) is 17.4 Å². The van der Waals surface area contributed by atoms with Gasteiger partial charge >= 0.3 is 0 Å². The molecule has 1 amide bonds. The van der Waals surface area contributed by atoms with Crippen LogP contribution in [-0.2, 0) is 0 Å². The lowest BCUT2D eigenvalue weighted by atomic mass is 10.0. The van der Waals surface area contributed by atoms with Gasteiger partial charge in [0.1, 0.15) is 23.2 Å². The summed E-state index contributed by atoms with van der Waals surface area (Å²) in [6, 6.07) is 9.48. The van der Waals surface area contributed by atoms with Crippen LogP contribution in [0.2, 0.25) is 0 Å². The van der Waals surface area contributed by atoms with Gasteiger partial charge in [-0.15, -0.1) is 0 Å². The molecule has 28 heavy (non-hydrogen) atoms. The molecule has 1 unspecified atom stereocenters. The molecule has 3 aromatic rings. The number of amides is 1. The van der Waals surface area contributed by atoms with Gasteiger partial charge in [-0.3, -0.25) is 9.78 Å². The van der Waals surface area contributed by atoms with E-state index in [2.05, 4.69) is 25.7 Å². The minimum absolute atomic E-state index is 0.277. The molecule has 1 aliphatic heterocycles. The maximum atomic E-state index is 14.9. The lowest BCUT2D eigenvalue weighted by Crippen LogP contribution is -2.33. The molecular formula is C19H19FN6OS. The van der Waals surface area contributed by atoms with Crippen molar-refractivity contribution in [3.8, 4) is 0 Å². The number of H-pyrrole nitrogens is 1. The highest BCUT2D eigenvalue weighted by Gasteiger charge is 2.23. The zero-order chi connectivity index (χ0) is 19.3. The third kappa shape index (κ3) is 3.99. The predicted molar refractivity (Wildman–Crippen MR) is 106 cm³/mol. The highest BCUT2D eigenvalue weighted by atomic mass is 32.2. The number of benzene rings is 1. The van der Waals surface area contributed by atoms with E-state index in [1.165, 1.54) is 12.3 Å². The molecule has 1 aliphatic rings. The third-order valence-corrected chi connectivity index (χ3v) is 5.50. The Balaban J connectivity index is 1.62. The van der Waals surface area contributed by atoms with E-state index in [4.69, 9.17) is 0 Å². The zero-order valence-electron chi connectivity index (χ0n) is 15.0. The van der Waals surface area contributed by atoms with Crippen molar-refractivity contribution in [1.82, 2.24) is 25.7 Å². The number of nitrogens with one attached hydrogen (secondary N) is 2. The van der Waals surface area contributed by atoms with Crippen LogP contribution in [0.25, 0.3) is 0 Å². The molecule has 0 spiro atoms. The lowest BCUT2D eigenvalue weighted by molar-refractivity contribution is 0.0937. The predicted octanol–water partition coefficient (Wildman–Crippen LogP) is 2.41. The van der Waals surface area contributed by atoms with Gasteiger partial charge in [0.15, 0.2) is 0 Å². The van der Waals surface area contributed by atoms with E-state index in [1.807, 2.05) is 22.7 Å². The SMILES string of the molecule is O=C(NC(c1ccc(N2CCSCC2)c(F)c1)c1cn[nH]n1)c1ccccn1. The fourth-order valence-electron chi connectivity index (χ4n) is 3.14. The Morgan fingerprint density at radius 2 is 2.11 bits per heavy atom. The monoisotopic (exact) mass is 398 g/mol. The summed E-state index contributed by atoms with van der Waals surface area (Å²) >= 11 is 1.87. The maximum Gasteiger partial charge on any atom is 0.270 e. The first-order valence-corrected chi connectivity index (χ1v) is 10.1. The van der Waals surface area contributed by atoms with Crippen LogP contribution in [0.4, 0.5) is 10.1 Å². The van der Waals surface area contributed by atoms with Crippen LogP contribution in [-0.4, -0.2) is 50.9 Å². The number of rotatable bonds is 5. The molecule has 1 aromatic carbocycles. The molecule has 2 aromatic heterocycles. The molecule has 4 rings (SSSR count). The highest BCUT2D eigenvalue weighted by molar-refractivity contribution is 7.99. The number of carbonyl (C=O) groups is 1. The quantitative estimate of drug-likeness (QED) is 0.686. The smallest absolute Gasteiger partial charge is 0.270 e. The van der Waals surface area contributed by atoms with Crippen LogP contribution in [0.3, 0.4) is 0 Å². The summed E-state index contributed by atoms with van der Waals surface area (Å²) in [6.45, 7) is 1.65. The molecule has 1 fully saturated rings. The first-order chi connectivity index (χ1) is 13.7. The van der Waals surface area contributed by atoms with Gasteiger partial charge in [0.05, 0.1) is 11.9 Å². The summed E-state index contributed by atoms with van der Waals surface area (Å²) in [7, 11) is 0. The van der Waals surface area contributed by atoms with Gasteiger partial charge in [0, 0.05) is 30.8 Å². The summed E-state index contributed by atoms with van der Waals surface area (Å²) in [5.74, 6) is 1.29. The van der Waals surface area contributed by atoms with Crippen molar-refractivity contribution in [2.75, 3.05) is 29.5 Å². The molecule has 7 nitrogen and oxygen atoms in total. The summed E-state index contributed by atoms with van der Waals surface area (Å²) in [5, 5.41) is 13.3. The molecule has 3 heterocycles. The van der Waals surface area contributed by atoms with Gasteiger partial charge in [-0.1, -0.05) is 12.1 Å². The van der Waals surface area contributed by atoms with Crippen molar-refractivity contribution in [2.24, 2.45) is 0 Å². The van der Waals surface area contributed by atoms with Gasteiger partial charge in [-0.25, -0.2) is 4.39 Å². The van der Waals surface area contributed by atoms with E-state index in [9.17, 15) is 9.18 Å². The number of hydrogen-bond donors (Lipinski definition) is 2.